The van der Waals surface area contributed by atoms with Crippen molar-refractivity contribution >= 4 is 0 Å². The molecule has 2 aliphatic carbocycles. The number of hydrogen-bond donors (Lipinski definition) is 1. The van der Waals surface area contributed by atoms with Crippen LogP contribution < -0.4 is 0 Å². The predicted molar refractivity (Wildman–Crippen MR) is 49.9 cm³/mol. The van der Waals surface area contributed by atoms with Gasteiger partial charge in [0.2, 0.25) is 0 Å². The molecule has 0 unspecified atom stereocenters. The van der Waals surface area contributed by atoms with Crippen LogP contribution >= 0.6 is 0 Å². The molecule has 1 nitrogen and oxygen atoms in total. The summed E-state index contributed by atoms with van der Waals surface area (Å²) in [7, 11) is 0. The van der Waals surface area contributed by atoms with Crippen molar-refractivity contribution in [2.45, 2.75) is 57.5 Å². The summed E-state index contributed by atoms with van der Waals surface area (Å²) in [5.41, 5.74) is 0. The lowest BCUT2D eigenvalue weighted by molar-refractivity contribution is 0.129. The first-order valence-electron chi connectivity index (χ1n) is 5.56. The van der Waals surface area contributed by atoms with Crippen LogP contribution in [0.2, 0.25) is 0 Å². The molecule has 1 heteroatoms. The van der Waals surface area contributed by atoms with Crippen molar-refractivity contribution in [2.24, 2.45) is 11.8 Å². The van der Waals surface area contributed by atoms with Gasteiger partial charge in [-0.2, -0.15) is 0 Å². The number of aliphatic hydroxyl groups is 1. The molecule has 0 heterocycles. The molecule has 12 heavy (non-hydrogen) atoms. The Morgan fingerprint density at radius 3 is 2.33 bits per heavy atom. The highest BCUT2D eigenvalue weighted by molar-refractivity contribution is 4.91. The van der Waals surface area contributed by atoms with E-state index in [0.29, 0.717) is 5.92 Å². The SMILES string of the molecule is O[C@H]1CCCCCCC[C@H]2C[C@@H]21. The van der Waals surface area contributed by atoms with E-state index in [1.54, 1.807) is 0 Å². The Hall–Kier alpha value is -0.0400. The van der Waals surface area contributed by atoms with Gasteiger partial charge in [-0.15, -0.1) is 0 Å². The maximum atomic E-state index is 9.74. The molecule has 0 aromatic heterocycles. The topological polar surface area (TPSA) is 20.2 Å². The molecular weight excluding hydrogens is 148 g/mol. The molecule has 0 spiro atoms. The number of fused-ring (bicyclic) bond motifs is 1. The number of aliphatic hydroxyl groups excluding tert-OH is 1. The molecule has 70 valence electrons. The van der Waals surface area contributed by atoms with Crippen molar-refractivity contribution in [2.75, 3.05) is 0 Å². The van der Waals surface area contributed by atoms with Crippen molar-refractivity contribution in [3.63, 3.8) is 0 Å². The first kappa shape index (κ1) is 8.55. The first-order chi connectivity index (χ1) is 5.88. The molecule has 2 fully saturated rings. The van der Waals surface area contributed by atoms with Gasteiger partial charge in [-0.05, 0) is 24.7 Å². The third kappa shape index (κ3) is 2.01. The maximum Gasteiger partial charge on any atom is 0.0571 e. The second kappa shape index (κ2) is 3.78. The van der Waals surface area contributed by atoms with E-state index >= 15 is 0 Å². The van der Waals surface area contributed by atoms with Crippen molar-refractivity contribution in [3.05, 3.63) is 0 Å². The fourth-order valence-corrected chi connectivity index (χ4v) is 2.58. The fourth-order valence-electron chi connectivity index (χ4n) is 2.58. The summed E-state index contributed by atoms with van der Waals surface area (Å²) >= 11 is 0. The van der Waals surface area contributed by atoms with Crippen LogP contribution in [0.25, 0.3) is 0 Å². The largest absolute Gasteiger partial charge is 0.393 e. The highest BCUT2D eigenvalue weighted by atomic mass is 16.3. The Morgan fingerprint density at radius 1 is 0.833 bits per heavy atom. The van der Waals surface area contributed by atoms with Crippen LogP contribution in [0.4, 0.5) is 0 Å². The van der Waals surface area contributed by atoms with Crippen molar-refractivity contribution in [3.8, 4) is 0 Å². The molecule has 0 radical (unpaired) electrons. The highest BCUT2D eigenvalue weighted by Crippen LogP contribution is 2.46. The van der Waals surface area contributed by atoms with Crippen LogP contribution in [-0.4, -0.2) is 11.2 Å². The predicted octanol–water partition coefficient (Wildman–Crippen LogP) is 2.73. The Kier molecular flexibility index (Phi) is 2.69. The molecule has 0 aromatic carbocycles. The lowest BCUT2D eigenvalue weighted by Crippen LogP contribution is -2.11. The fraction of sp³-hybridized carbons (Fsp3) is 1.00. The summed E-state index contributed by atoms with van der Waals surface area (Å²) in [4.78, 5) is 0. The summed E-state index contributed by atoms with van der Waals surface area (Å²) in [5, 5.41) is 9.74. The summed E-state index contributed by atoms with van der Waals surface area (Å²) in [5.74, 6) is 1.60. The van der Waals surface area contributed by atoms with Crippen molar-refractivity contribution in [1.82, 2.24) is 0 Å². The second-order valence-electron chi connectivity index (χ2n) is 4.57. The van der Waals surface area contributed by atoms with Crippen molar-refractivity contribution in [1.29, 1.82) is 0 Å². The molecule has 3 atom stereocenters. The Labute approximate surface area is 75.2 Å². The summed E-state index contributed by atoms with van der Waals surface area (Å²) < 4.78 is 0. The molecule has 2 aliphatic rings. The molecule has 0 bridgehead atoms. The van der Waals surface area contributed by atoms with Crippen LogP contribution in [0, 0.1) is 11.8 Å². The van der Waals surface area contributed by atoms with Gasteiger partial charge < -0.3 is 5.11 Å². The standard InChI is InChI=1S/C11H20O/c12-11-7-5-3-1-2-4-6-9-8-10(9)11/h9-12H,1-8H2/t9-,10-,11-/m0/s1. The Morgan fingerprint density at radius 2 is 1.50 bits per heavy atom. The minimum absolute atomic E-state index is 0.0492. The number of hydrogen-bond acceptors (Lipinski definition) is 1. The second-order valence-corrected chi connectivity index (χ2v) is 4.57. The lowest BCUT2D eigenvalue weighted by Gasteiger charge is -2.12. The monoisotopic (exact) mass is 168 g/mol. The zero-order chi connectivity index (χ0) is 8.39. The van der Waals surface area contributed by atoms with Gasteiger partial charge >= 0.3 is 0 Å². The molecule has 1 N–H and O–H groups in total. The van der Waals surface area contributed by atoms with Crippen LogP contribution in [0.5, 0.6) is 0 Å². The maximum absolute atomic E-state index is 9.74. The van der Waals surface area contributed by atoms with Gasteiger partial charge in [0.25, 0.3) is 0 Å². The lowest BCUT2D eigenvalue weighted by atomic mass is 9.99. The third-order valence-electron chi connectivity index (χ3n) is 3.55. The molecule has 0 amide bonds. The minimum atomic E-state index is 0.0492. The summed E-state index contributed by atoms with van der Waals surface area (Å²) in [6.45, 7) is 0. The average Bonchev–Trinajstić information content (AvgIpc) is 2.82. The Bertz CT molecular complexity index is 144. The van der Waals surface area contributed by atoms with E-state index in [0.717, 1.165) is 12.3 Å². The van der Waals surface area contributed by atoms with Crippen LogP contribution in [0.1, 0.15) is 51.4 Å². The molecule has 2 rings (SSSR count). The van der Waals surface area contributed by atoms with E-state index in [4.69, 9.17) is 0 Å². The van der Waals surface area contributed by atoms with Gasteiger partial charge in [0.1, 0.15) is 0 Å². The van der Waals surface area contributed by atoms with Gasteiger partial charge in [-0.25, -0.2) is 0 Å². The minimum Gasteiger partial charge on any atom is -0.393 e. The number of rotatable bonds is 0. The van der Waals surface area contributed by atoms with E-state index < -0.39 is 0 Å². The molecule has 0 aromatic rings. The van der Waals surface area contributed by atoms with E-state index in [9.17, 15) is 5.11 Å². The molecule has 0 saturated heterocycles. The van der Waals surface area contributed by atoms with E-state index in [2.05, 4.69) is 0 Å². The first-order valence-corrected chi connectivity index (χ1v) is 5.56. The average molecular weight is 168 g/mol. The van der Waals surface area contributed by atoms with Gasteiger partial charge in [-0.3, -0.25) is 0 Å². The van der Waals surface area contributed by atoms with Crippen molar-refractivity contribution < 1.29 is 5.11 Å². The summed E-state index contributed by atoms with van der Waals surface area (Å²) in [6.07, 6.45) is 10.7. The summed E-state index contributed by atoms with van der Waals surface area (Å²) in [6, 6.07) is 0. The van der Waals surface area contributed by atoms with Gasteiger partial charge in [0.05, 0.1) is 6.10 Å². The van der Waals surface area contributed by atoms with Gasteiger partial charge in [0.15, 0.2) is 0 Å². The van der Waals surface area contributed by atoms with E-state index in [1.165, 1.54) is 44.9 Å². The Balaban J connectivity index is 1.80. The van der Waals surface area contributed by atoms with Gasteiger partial charge in [-0.1, -0.05) is 38.5 Å². The molecule has 2 saturated carbocycles. The van der Waals surface area contributed by atoms with Crippen LogP contribution in [-0.2, 0) is 0 Å². The highest BCUT2D eigenvalue weighted by Gasteiger charge is 2.41. The molecular formula is C11H20O. The van der Waals surface area contributed by atoms with Crippen LogP contribution in [0.15, 0.2) is 0 Å². The van der Waals surface area contributed by atoms with Gasteiger partial charge in [0, 0.05) is 0 Å². The van der Waals surface area contributed by atoms with E-state index in [1.807, 2.05) is 0 Å². The van der Waals surface area contributed by atoms with Crippen LogP contribution in [0.3, 0.4) is 0 Å². The smallest absolute Gasteiger partial charge is 0.0571 e. The third-order valence-corrected chi connectivity index (χ3v) is 3.55. The molecule has 0 aliphatic heterocycles. The quantitative estimate of drug-likeness (QED) is 0.589. The zero-order valence-electron chi connectivity index (χ0n) is 7.84. The zero-order valence-corrected chi connectivity index (χ0v) is 7.84. The normalized spacial score (nSPS) is 43.2. The van der Waals surface area contributed by atoms with E-state index in [-0.39, 0.29) is 6.10 Å².